The van der Waals surface area contributed by atoms with Crippen LogP contribution >= 0.6 is 0 Å². The van der Waals surface area contributed by atoms with Crippen molar-refractivity contribution < 1.29 is 9.21 Å². The summed E-state index contributed by atoms with van der Waals surface area (Å²) in [6.45, 7) is 0. The van der Waals surface area contributed by atoms with E-state index in [0.717, 1.165) is 5.56 Å². The molecule has 3 aromatic rings. The summed E-state index contributed by atoms with van der Waals surface area (Å²) < 4.78 is 5.84. The molecule has 0 aliphatic rings. The number of carbonyl (C=O) groups is 1. The van der Waals surface area contributed by atoms with Gasteiger partial charge in [0.1, 0.15) is 11.3 Å². The highest BCUT2D eigenvalue weighted by Gasteiger charge is 2.21. The number of benzene rings is 2. The van der Waals surface area contributed by atoms with Gasteiger partial charge in [0.25, 0.3) is 5.91 Å². The van der Waals surface area contributed by atoms with Gasteiger partial charge in [-0.1, -0.05) is 30.3 Å². The quantitative estimate of drug-likeness (QED) is 0.780. The molecule has 0 bridgehead atoms. The maximum absolute atomic E-state index is 12.2. The molecule has 1 amide bonds. The summed E-state index contributed by atoms with van der Waals surface area (Å²) in [6.07, 6.45) is 0. The molecule has 0 aliphatic carbocycles. The molecule has 3 rings (SSSR count). The van der Waals surface area contributed by atoms with Gasteiger partial charge in [0.05, 0.1) is 17.2 Å². The average Bonchev–Trinajstić information content (AvgIpc) is 2.93. The third-order valence-corrected chi connectivity index (χ3v) is 3.31. The van der Waals surface area contributed by atoms with E-state index in [0.29, 0.717) is 27.9 Å². The van der Waals surface area contributed by atoms with E-state index in [2.05, 4.69) is 11.4 Å². The van der Waals surface area contributed by atoms with Crippen LogP contribution in [0.4, 0.5) is 0 Å². The maximum Gasteiger partial charge on any atom is 0.255 e. The van der Waals surface area contributed by atoms with Crippen LogP contribution in [-0.2, 0) is 0 Å². The highest BCUT2D eigenvalue weighted by atomic mass is 16.3. The van der Waals surface area contributed by atoms with Gasteiger partial charge in [-0.25, -0.2) is 0 Å². The molecule has 21 heavy (non-hydrogen) atoms. The lowest BCUT2D eigenvalue weighted by atomic mass is 10.0. The zero-order chi connectivity index (χ0) is 14.8. The second-order valence-corrected chi connectivity index (χ2v) is 4.57. The maximum atomic E-state index is 12.2. The minimum Gasteiger partial charge on any atom is -0.455 e. The molecule has 0 saturated heterocycles. The standard InChI is InChI=1S/C17H12N2O2/c1-19-17(20)15-13-9-11(10-18)7-8-14(13)21-16(15)12-5-3-2-4-6-12/h2-9H,1H3,(H,19,20). The molecule has 4 heteroatoms. The average molecular weight is 276 g/mol. The van der Waals surface area contributed by atoms with Crippen molar-refractivity contribution in [3.63, 3.8) is 0 Å². The summed E-state index contributed by atoms with van der Waals surface area (Å²) in [5, 5.41) is 12.3. The lowest BCUT2D eigenvalue weighted by molar-refractivity contribution is 0.0964. The number of nitrogens with one attached hydrogen (secondary N) is 1. The number of amides is 1. The van der Waals surface area contributed by atoms with Crippen molar-refractivity contribution in [2.45, 2.75) is 0 Å². The summed E-state index contributed by atoms with van der Waals surface area (Å²) in [4.78, 5) is 12.2. The number of carbonyl (C=O) groups excluding carboxylic acids is 1. The van der Waals surface area contributed by atoms with Gasteiger partial charge in [-0.2, -0.15) is 5.26 Å². The third kappa shape index (κ3) is 2.15. The van der Waals surface area contributed by atoms with Crippen LogP contribution in [0.1, 0.15) is 15.9 Å². The molecule has 0 aliphatic heterocycles. The number of hydrogen-bond acceptors (Lipinski definition) is 3. The number of fused-ring (bicyclic) bond motifs is 1. The van der Waals surface area contributed by atoms with E-state index in [1.807, 2.05) is 30.3 Å². The molecular weight excluding hydrogens is 264 g/mol. The highest BCUT2D eigenvalue weighted by molar-refractivity contribution is 6.11. The Labute approximate surface area is 121 Å². The summed E-state index contributed by atoms with van der Waals surface area (Å²) in [6, 6.07) is 16.6. The molecule has 0 spiro atoms. The van der Waals surface area contributed by atoms with E-state index in [1.54, 1.807) is 25.2 Å². The smallest absolute Gasteiger partial charge is 0.255 e. The molecule has 1 N–H and O–H groups in total. The Bertz CT molecular complexity index is 858. The van der Waals surface area contributed by atoms with Crippen molar-refractivity contribution in [3.8, 4) is 17.4 Å². The Morgan fingerprint density at radius 3 is 2.62 bits per heavy atom. The third-order valence-electron chi connectivity index (χ3n) is 3.31. The van der Waals surface area contributed by atoms with E-state index in [1.165, 1.54) is 0 Å². The predicted molar refractivity (Wildman–Crippen MR) is 79.8 cm³/mol. The van der Waals surface area contributed by atoms with E-state index in [-0.39, 0.29) is 5.91 Å². The summed E-state index contributed by atoms with van der Waals surface area (Å²) in [7, 11) is 1.57. The number of furan rings is 1. The van der Waals surface area contributed by atoms with Crippen molar-refractivity contribution in [3.05, 3.63) is 59.7 Å². The topological polar surface area (TPSA) is 66.0 Å². The molecule has 2 aromatic carbocycles. The van der Waals surface area contributed by atoms with Crippen LogP contribution in [0.25, 0.3) is 22.3 Å². The van der Waals surface area contributed by atoms with Crippen molar-refractivity contribution in [1.82, 2.24) is 5.32 Å². The monoisotopic (exact) mass is 276 g/mol. The number of rotatable bonds is 2. The van der Waals surface area contributed by atoms with E-state index >= 15 is 0 Å². The van der Waals surface area contributed by atoms with Crippen LogP contribution in [0.2, 0.25) is 0 Å². The van der Waals surface area contributed by atoms with Crippen molar-refractivity contribution in [2.75, 3.05) is 7.05 Å². The van der Waals surface area contributed by atoms with Gasteiger partial charge in [-0.05, 0) is 18.2 Å². The van der Waals surface area contributed by atoms with Crippen molar-refractivity contribution >= 4 is 16.9 Å². The molecule has 0 unspecified atom stereocenters. The Kier molecular flexibility index (Phi) is 3.17. The minimum atomic E-state index is -0.234. The molecule has 0 saturated carbocycles. The first-order valence-electron chi connectivity index (χ1n) is 6.48. The molecule has 4 nitrogen and oxygen atoms in total. The normalized spacial score (nSPS) is 10.3. The first-order chi connectivity index (χ1) is 10.2. The van der Waals surface area contributed by atoms with Crippen LogP contribution in [0.5, 0.6) is 0 Å². The van der Waals surface area contributed by atoms with Gasteiger partial charge in [0, 0.05) is 18.0 Å². The summed E-state index contributed by atoms with van der Waals surface area (Å²) >= 11 is 0. The van der Waals surface area contributed by atoms with Gasteiger partial charge < -0.3 is 9.73 Å². The predicted octanol–water partition coefficient (Wildman–Crippen LogP) is 3.33. The van der Waals surface area contributed by atoms with Gasteiger partial charge in [0.15, 0.2) is 0 Å². The zero-order valence-corrected chi connectivity index (χ0v) is 11.4. The molecule has 1 aromatic heterocycles. The SMILES string of the molecule is CNC(=O)c1c(-c2ccccc2)oc2ccc(C#N)cc12. The molecule has 0 radical (unpaired) electrons. The summed E-state index contributed by atoms with van der Waals surface area (Å²) in [5.41, 5.74) is 2.36. The van der Waals surface area contributed by atoms with Crippen LogP contribution in [0.15, 0.2) is 52.9 Å². The van der Waals surface area contributed by atoms with Crippen LogP contribution in [0, 0.1) is 11.3 Å². The second-order valence-electron chi connectivity index (χ2n) is 4.57. The fourth-order valence-electron chi connectivity index (χ4n) is 2.31. The molecule has 1 heterocycles. The van der Waals surface area contributed by atoms with E-state index in [9.17, 15) is 4.79 Å². The largest absolute Gasteiger partial charge is 0.455 e. The molecule has 0 fully saturated rings. The second kappa shape index (κ2) is 5.14. The number of nitrogens with zero attached hydrogens (tertiary/aromatic N) is 1. The Hall–Kier alpha value is -3.06. The highest BCUT2D eigenvalue weighted by Crippen LogP contribution is 2.34. The van der Waals surface area contributed by atoms with Crippen molar-refractivity contribution in [2.24, 2.45) is 0 Å². The first kappa shape index (κ1) is 12.9. The van der Waals surface area contributed by atoms with Crippen molar-refractivity contribution in [1.29, 1.82) is 5.26 Å². The Balaban J connectivity index is 2.34. The van der Waals surface area contributed by atoms with Gasteiger partial charge in [0.2, 0.25) is 0 Å². The van der Waals surface area contributed by atoms with Gasteiger partial charge in [-0.3, -0.25) is 4.79 Å². The Morgan fingerprint density at radius 2 is 1.95 bits per heavy atom. The lowest BCUT2D eigenvalue weighted by Gasteiger charge is -2.02. The van der Waals surface area contributed by atoms with E-state index in [4.69, 9.17) is 9.68 Å². The minimum absolute atomic E-state index is 0.234. The van der Waals surface area contributed by atoms with Crippen LogP contribution < -0.4 is 5.32 Å². The zero-order valence-electron chi connectivity index (χ0n) is 11.4. The molecule has 0 atom stereocenters. The fraction of sp³-hybridized carbons (Fsp3) is 0.0588. The van der Waals surface area contributed by atoms with E-state index < -0.39 is 0 Å². The lowest BCUT2D eigenvalue weighted by Crippen LogP contribution is -2.18. The van der Waals surface area contributed by atoms with Gasteiger partial charge in [-0.15, -0.1) is 0 Å². The fourth-order valence-corrected chi connectivity index (χ4v) is 2.31. The first-order valence-corrected chi connectivity index (χ1v) is 6.48. The number of hydrogen-bond donors (Lipinski definition) is 1. The van der Waals surface area contributed by atoms with Gasteiger partial charge >= 0.3 is 0 Å². The Morgan fingerprint density at radius 1 is 1.19 bits per heavy atom. The van der Waals surface area contributed by atoms with Crippen LogP contribution in [0.3, 0.4) is 0 Å². The van der Waals surface area contributed by atoms with Crippen LogP contribution in [-0.4, -0.2) is 13.0 Å². The molecule has 102 valence electrons. The molecular formula is C17H12N2O2. The number of nitriles is 1. The summed E-state index contributed by atoms with van der Waals surface area (Å²) in [5.74, 6) is 0.280.